The van der Waals surface area contributed by atoms with E-state index in [1.165, 1.54) is 29.5 Å². The Labute approximate surface area is 195 Å². The van der Waals surface area contributed by atoms with Gasteiger partial charge in [0.2, 0.25) is 5.91 Å². The van der Waals surface area contributed by atoms with Crippen LogP contribution < -0.4 is 16.0 Å². The molecule has 3 N–H and O–H groups in total. The first kappa shape index (κ1) is 23.2. The number of nitro benzene ring substituents is 1. The molecule has 32 heavy (non-hydrogen) atoms. The van der Waals surface area contributed by atoms with Crippen LogP contribution in [-0.2, 0) is 4.79 Å². The summed E-state index contributed by atoms with van der Waals surface area (Å²) in [5, 5.41) is 20.4. The summed E-state index contributed by atoms with van der Waals surface area (Å²) < 4.78 is 0. The van der Waals surface area contributed by atoms with E-state index in [2.05, 4.69) is 16.0 Å². The Morgan fingerprint density at radius 3 is 2.38 bits per heavy atom. The highest BCUT2D eigenvalue weighted by molar-refractivity contribution is 8.00. The highest BCUT2D eigenvalue weighted by atomic mass is 32.2. The molecule has 0 spiro atoms. The zero-order valence-electron chi connectivity index (χ0n) is 17.5. The van der Waals surface area contributed by atoms with Crippen molar-refractivity contribution in [3.05, 3.63) is 88.0 Å². The van der Waals surface area contributed by atoms with Crippen LogP contribution in [0.15, 0.2) is 71.6 Å². The van der Waals surface area contributed by atoms with Crippen LogP contribution in [0.4, 0.5) is 22.7 Å². The third-order valence-corrected chi connectivity index (χ3v) is 5.66. The molecule has 7 nitrogen and oxygen atoms in total. The number of hydrogen-bond donors (Lipinski definition) is 3. The fourth-order valence-corrected chi connectivity index (χ4v) is 3.82. The molecule has 9 heteroatoms. The molecular weight excluding hydrogens is 444 g/mol. The van der Waals surface area contributed by atoms with Gasteiger partial charge in [-0.15, -0.1) is 11.8 Å². The summed E-state index contributed by atoms with van der Waals surface area (Å²) in [4.78, 5) is 23.6. The van der Waals surface area contributed by atoms with Crippen LogP contribution in [0.3, 0.4) is 0 Å². The van der Waals surface area contributed by atoms with E-state index in [9.17, 15) is 14.9 Å². The van der Waals surface area contributed by atoms with Gasteiger partial charge >= 0.3 is 0 Å². The fourth-order valence-electron chi connectivity index (χ4n) is 2.83. The van der Waals surface area contributed by atoms with Crippen molar-refractivity contribution in [3.8, 4) is 0 Å². The zero-order chi connectivity index (χ0) is 23.1. The minimum Gasteiger partial charge on any atom is -0.332 e. The van der Waals surface area contributed by atoms with Gasteiger partial charge in [-0.3, -0.25) is 14.9 Å². The van der Waals surface area contributed by atoms with Crippen LogP contribution in [0.5, 0.6) is 0 Å². The van der Waals surface area contributed by atoms with Gasteiger partial charge in [-0.1, -0.05) is 23.8 Å². The number of carbonyl (C=O) groups is 1. The SMILES string of the molecule is Cc1ccc(NC(=S)Nc2cccc(SCC(=O)Nc3ccc([N+](=O)[O-])cc3C)c2)cc1. The second-order valence-corrected chi connectivity index (χ2v) is 8.52. The number of nitro groups is 1. The molecule has 0 atom stereocenters. The van der Waals surface area contributed by atoms with E-state index in [4.69, 9.17) is 12.2 Å². The summed E-state index contributed by atoms with van der Waals surface area (Å²) in [5.41, 5.74) is 4.08. The second kappa shape index (κ2) is 10.7. The number of carbonyl (C=O) groups excluding carboxylic acids is 1. The highest BCUT2D eigenvalue weighted by Gasteiger charge is 2.11. The number of hydrogen-bond acceptors (Lipinski definition) is 5. The van der Waals surface area contributed by atoms with Crippen molar-refractivity contribution in [2.75, 3.05) is 21.7 Å². The molecule has 0 aliphatic carbocycles. The lowest BCUT2D eigenvalue weighted by atomic mass is 10.2. The lowest BCUT2D eigenvalue weighted by Crippen LogP contribution is -2.19. The monoisotopic (exact) mass is 466 g/mol. The molecule has 0 fully saturated rings. The molecule has 0 bridgehead atoms. The largest absolute Gasteiger partial charge is 0.332 e. The van der Waals surface area contributed by atoms with Gasteiger partial charge in [-0.05, 0) is 68.0 Å². The van der Waals surface area contributed by atoms with Crippen molar-refractivity contribution in [2.24, 2.45) is 0 Å². The molecule has 0 aliphatic heterocycles. The number of amides is 1. The molecule has 0 saturated carbocycles. The summed E-state index contributed by atoms with van der Waals surface area (Å²) in [6.45, 7) is 3.75. The molecule has 3 aromatic rings. The first-order chi connectivity index (χ1) is 15.3. The van der Waals surface area contributed by atoms with E-state index < -0.39 is 4.92 Å². The average molecular weight is 467 g/mol. The van der Waals surface area contributed by atoms with Gasteiger partial charge < -0.3 is 16.0 Å². The van der Waals surface area contributed by atoms with Gasteiger partial charge in [0, 0.05) is 34.1 Å². The van der Waals surface area contributed by atoms with Gasteiger partial charge in [-0.2, -0.15) is 0 Å². The maximum Gasteiger partial charge on any atom is 0.269 e. The predicted molar refractivity (Wildman–Crippen MR) is 135 cm³/mol. The number of anilines is 3. The Kier molecular flexibility index (Phi) is 7.80. The topological polar surface area (TPSA) is 96.3 Å². The van der Waals surface area contributed by atoms with Crippen LogP contribution in [-0.4, -0.2) is 21.7 Å². The van der Waals surface area contributed by atoms with Crippen molar-refractivity contribution in [1.29, 1.82) is 0 Å². The van der Waals surface area contributed by atoms with Crippen LogP contribution in [0.25, 0.3) is 0 Å². The number of nitrogens with one attached hydrogen (secondary N) is 3. The molecular formula is C23H22N4O3S2. The van der Waals surface area contributed by atoms with E-state index >= 15 is 0 Å². The van der Waals surface area contributed by atoms with Gasteiger partial charge in [-0.25, -0.2) is 0 Å². The number of thiocarbonyl (C=S) groups is 1. The van der Waals surface area contributed by atoms with E-state index in [1.807, 2.05) is 55.5 Å². The van der Waals surface area contributed by atoms with E-state index in [0.29, 0.717) is 16.4 Å². The van der Waals surface area contributed by atoms with Gasteiger partial charge in [0.15, 0.2) is 5.11 Å². The van der Waals surface area contributed by atoms with Crippen molar-refractivity contribution < 1.29 is 9.72 Å². The standard InChI is InChI=1S/C23H22N4O3S2/c1-15-6-8-17(9-7-15)24-23(31)25-18-4-3-5-20(13-18)32-14-22(28)26-21-11-10-19(27(29)30)12-16(21)2/h3-13H,14H2,1-2H3,(H,26,28)(H2,24,25,31). The predicted octanol–water partition coefficient (Wildman–Crippen LogP) is 5.75. The lowest BCUT2D eigenvalue weighted by Gasteiger charge is -2.12. The average Bonchev–Trinajstić information content (AvgIpc) is 2.75. The second-order valence-electron chi connectivity index (χ2n) is 7.07. The zero-order valence-corrected chi connectivity index (χ0v) is 19.2. The molecule has 3 rings (SSSR count). The summed E-state index contributed by atoms with van der Waals surface area (Å²) in [6.07, 6.45) is 0. The number of rotatable bonds is 7. The van der Waals surface area contributed by atoms with Crippen molar-refractivity contribution in [2.45, 2.75) is 18.7 Å². The van der Waals surface area contributed by atoms with Gasteiger partial charge in [0.05, 0.1) is 10.7 Å². The van der Waals surface area contributed by atoms with Gasteiger partial charge in [0.1, 0.15) is 0 Å². The molecule has 0 aliphatic rings. The van der Waals surface area contributed by atoms with E-state index in [1.54, 1.807) is 13.0 Å². The number of aryl methyl sites for hydroxylation is 2. The van der Waals surface area contributed by atoms with Crippen LogP contribution in [0, 0.1) is 24.0 Å². The molecule has 1 amide bonds. The van der Waals surface area contributed by atoms with Crippen molar-refractivity contribution in [1.82, 2.24) is 0 Å². The third kappa shape index (κ3) is 6.79. The minimum absolute atomic E-state index is 0.00558. The van der Waals surface area contributed by atoms with Crippen LogP contribution in [0.2, 0.25) is 0 Å². The number of nitrogens with zero attached hydrogens (tertiary/aromatic N) is 1. The Morgan fingerprint density at radius 2 is 1.69 bits per heavy atom. The minimum atomic E-state index is -0.461. The Hall–Kier alpha value is -3.43. The maximum absolute atomic E-state index is 12.3. The maximum atomic E-state index is 12.3. The summed E-state index contributed by atoms with van der Waals surface area (Å²) in [5.74, 6) is 0.00763. The number of non-ortho nitro benzene ring substituents is 1. The fraction of sp³-hybridized carbons (Fsp3) is 0.130. The van der Waals surface area contributed by atoms with Crippen molar-refractivity contribution >= 4 is 57.7 Å². The summed E-state index contributed by atoms with van der Waals surface area (Å²) in [6, 6.07) is 19.9. The van der Waals surface area contributed by atoms with Crippen molar-refractivity contribution in [3.63, 3.8) is 0 Å². The Balaban J connectivity index is 1.53. The smallest absolute Gasteiger partial charge is 0.269 e. The molecule has 0 heterocycles. The van der Waals surface area contributed by atoms with Crippen LogP contribution >= 0.6 is 24.0 Å². The first-order valence-corrected chi connectivity index (χ1v) is 11.1. The third-order valence-electron chi connectivity index (χ3n) is 4.47. The summed E-state index contributed by atoms with van der Waals surface area (Å²) in [7, 11) is 0. The van der Waals surface area contributed by atoms with Gasteiger partial charge in [0.25, 0.3) is 5.69 Å². The Bertz CT molecular complexity index is 1150. The highest BCUT2D eigenvalue weighted by Crippen LogP contribution is 2.24. The molecule has 0 radical (unpaired) electrons. The molecule has 0 saturated heterocycles. The number of benzene rings is 3. The molecule has 0 unspecified atom stereocenters. The molecule has 164 valence electrons. The van der Waals surface area contributed by atoms with E-state index in [-0.39, 0.29) is 17.3 Å². The molecule has 0 aromatic heterocycles. The van der Waals surface area contributed by atoms with Crippen LogP contribution in [0.1, 0.15) is 11.1 Å². The Morgan fingerprint density at radius 1 is 0.969 bits per heavy atom. The normalized spacial score (nSPS) is 10.3. The lowest BCUT2D eigenvalue weighted by molar-refractivity contribution is -0.384. The molecule has 3 aromatic carbocycles. The number of thioether (sulfide) groups is 1. The van der Waals surface area contributed by atoms with E-state index in [0.717, 1.165) is 16.3 Å². The summed E-state index contributed by atoms with van der Waals surface area (Å²) >= 11 is 6.76. The quantitative estimate of drug-likeness (QED) is 0.176. The first-order valence-electron chi connectivity index (χ1n) is 9.72.